The number of nitrogens with zero attached hydrogens (tertiary/aromatic N) is 3. The molecule has 0 amide bonds. The van der Waals surface area contributed by atoms with Crippen LogP contribution in [0.1, 0.15) is 17.2 Å². The highest BCUT2D eigenvalue weighted by Crippen LogP contribution is 2.41. The van der Waals surface area contributed by atoms with E-state index in [1.807, 2.05) is 18.2 Å². The Morgan fingerprint density at radius 2 is 1.74 bits per heavy atom. The molecule has 23 heavy (non-hydrogen) atoms. The van der Waals surface area contributed by atoms with Crippen LogP contribution >= 0.6 is 0 Å². The number of aliphatic imine (C=N–C) groups is 1. The summed E-state index contributed by atoms with van der Waals surface area (Å²) in [4.78, 5) is 9.73. The zero-order chi connectivity index (χ0) is 15.8. The molecule has 0 radical (unpaired) electrons. The lowest BCUT2D eigenvalue weighted by atomic mass is 9.96. The quantitative estimate of drug-likeness (QED) is 0.927. The van der Waals surface area contributed by atoms with E-state index in [4.69, 9.17) is 4.99 Å². The van der Waals surface area contributed by atoms with Gasteiger partial charge in [-0.3, -0.25) is 9.89 Å². The molecule has 4 nitrogen and oxygen atoms in total. The number of likely N-dealkylation sites (N-methyl/N-ethyl adjacent to an activating group) is 1. The molecule has 1 unspecified atom stereocenters. The number of piperazine rings is 1. The van der Waals surface area contributed by atoms with Gasteiger partial charge in [-0.15, -0.1) is 0 Å². The second-order valence-electron chi connectivity index (χ2n) is 6.35. The fourth-order valence-electron chi connectivity index (χ4n) is 3.48. The number of hydrogen-bond donors (Lipinski definition) is 1. The van der Waals surface area contributed by atoms with E-state index in [-0.39, 0.29) is 6.04 Å². The van der Waals surface area contributed by atoms with Gasteiger partial charge in [0, 0.05) is 31.7 Å². The van der Waals surface area contributed by atoms with E-state index in [0.29, 0.717) is 5.75 Å². The summed E-state index contributed by atoms with van der Waals surface area (Å²) in [6.07, 6.45) is 0. The van der Waals surface area contributed by atoms with Gasteiger partial charge in [0.2, 0.25) is 0 Å². The van der Waals surface area contributed by atoms with E-state index in [0.717, 1.165) is 48.7 Å². The molecule has 0 saturated carbocycles. The molecule has 118 valence electrons. The Balaban J connectivity index is 1.76. The predicted octanol–water partition coefficient (Wildman–Crippen LogP) is 2.82. The summed E-state index contributed by atoms with van der Waals surface area (Å²) >= 11 is 0. The van der Waals surface area contributed by atoms with Gasteiger partial charge in [0.25, 0.3) is 0 Å². The fraction of sp³-hybridized carbons (Fsp3) is 0.316. The summed E-state index contributed by atoms with van der Waals surface area (Å²) in [5.41, 5.74) is 4.35. The number of fused-ring (bicyclic) bond motifs is 1. The molecule has 1 atom stereocenters. The molecule has 1 N–H and O–H groups in total. The molecule has 2 aliphatic rings. The summed E-state index contributed by atoms with van der Waals surface area (Å²) in [7, 11) is 2.16. The maximum absolute atomic E-state index is 9.93. The monoisotopic (exact) mass is 307 g/mol. The SMILES string of the molecule is CN1CCN(C2C(c3ccccc3)=Nc3ccc(O)cc32)CC1. The van der Waals surface area contributed by atoms with Gasteiger partial charge in [-0.05, 0) is 30.8 Å². The van der Waals surface area contributed by atoms with E-state index < -0.39 is 0 Å². The zero-order valence-corrected chi connectivity index (χ0v) is 13.3. The van der Waals surface area contributed by atoms with Crippen LogP contribution in [0, 0.1) is 0 Å². The number of benzene rings is 2. The summed E-state index contributed by atoms with van der Waals surface area (Å²) in [5, 5.41) is 9.93. The van der Waals surface area contributed by atoms with Crippen molar-refractivity contribution in [3.63, 3.8) is 0 Å². The van der Waals surface area contributed by atoms with Gasteiger partial charge in [-0.2, -0.15) is 0 Å². The maximum Gasteiger partial charge on any atom is 0.116 e. The van der Waals surface area contributed by atoms with Crippen molar-refractivity contribution in [2.24, 2.45) is 4.99 Å². The number of aromatic hydroxyl groups is 1. The van der Waals surface area contributed by atoms with Gasteiger partial charge < -0.3 is 10.0 Å². The third-order valence-corrected chi connectivity index (χ3v) is 4.78. The molecule has 0 bridgehead atoms. The van der Waals surface area contributed by atoms with E-state index in [1.165, 1.54) is 0 Å². The topological polar surface area (TPSA) is 39.1 Å². The highest BCUT2D eigenvalue weighted by Gasteiger charge is 2.34. The van der Waals surface area contributed by atoms with Crippen molar-refractivity contribution in [1.29, 1.82) is 0 Å². The minimum absolute atomic E-state index is 0.133. The average Bonchev–Trinajstić information content (AvgIpc) is 2.95. The number of rotatable bonds is 2. The van der Waals surface area contributed by atoms with Crippen LogP contribution in [-0.4, -0.2) is 53.8 Å². The van der Waals surface area contributed by atoms with Crippen LogP contribution in [0.4, 0.5) is 5.69 Å². The van der Waals surface area contributed by atoms with Crippen LogP contribution in [0.15, 0.2) is 53.5 Å². The Labute approximate surface area is 136 Å². The largest absolute Gasteiger partial charge is 0.508 e. The van der Waals surface area contributed by atoms with Gasteiger partial charge in [0.1, 0.15) is 5.75 Å². The minimum atomic E-state index is 0.133. The molecule has 2 aliphatic heterocycles. The number of phenolic OH excluding ortho intramolecular Hbond substituents is 1. The van der Waals surface area contributed by atoms with Crippen LogP contribution < -0.4 is 0 Å². The molecule has 2 aromatic rings. The summed E-state index contributed by atoms with van der Waals surface area (Å²) in [5.74, 6) is 0.312. The van der Waals surface area contributed by atoms with E-state index >= 15 is 0 Å². The van der Waals surface area contributed by atoms with Crippen molar-refractivity contribution < 1.29 is 5.11 Å². The molecule has 1 saturated heterocycles. The molecule has 2 aromatic carbocycles. The third kappa shape index (κ3) is 2.64. The lowest BCUT2D eigenvalue weighted by Crippen LogP contribution is -2.47. The van der Waals surface area contributed by atoms with Gasteiger partial charge in [-0.1, -0.05) is 30.3 Å². The van der Waals surface area contributed by atoms with Gasteiger partial charge >= 0.3 is 0 Å². The highest BCUT2D eigenvalue weighted by atomic mass is 16.3. The Hall–Kier alpha value is -2.17. The second-order valence-corrected chi connectivity index (χ2v) is 6.35. The average molecular weight is 307 g/mol. The van der Waals surface area contributed by atoms with Crippen LogP contribution in [0.2, 0.25) is 0 Å². The first-order valence-corrected chi connectivity index (χ1v) is 8.12. The lowest BCUT2D eigenvalue weighted by Gasteiger charge is -2.37. The first-order valence-electron chi connectivity index (χ1n) is 8.12. The van der Waals surface area contributed by atoms with Crippen LogP contribution in [0.5, 0.6) is 5.75 Å². The molecule has 0 spiro atoms. The van der Waals surface area contributed by atoms with Gasteiger partial charge in [0.15, 0.2) is 0 Å². The first-order chi connectivity index (χ1) is 11.2. The Morgan fingerprint density at radius 3 is 2.48 bits per heavy atom. The highest BCUT2D eigenvalue weighted by molar-refractivity contribution is 6.09. The molecular formula is C19H21N3O. The summed E-state index contributed by atoms with van der Waals surface area (Å²) in [6, 6.07) is 16.0. The van der Waals surface area contributed by atoms with Crippen LogP contribution in [0.3, 0.4) is 0 Å². The number of hydrogen-bond acceptors (Lipinski definition) is 4. The van der Waals surface area contributed by atoms with Crippen molar-refractivity contribution in [2.75, 3.05) is 33.2 Å². The van der Waals surface area contributed by atoms with Gasteiger partial charge in [-0.25, -0.2) is 0 Å². The first kappa shape index (κ1) is 14.4. The molecule has 0 aromatic heterocycles. The van der Waals surface area contributed by atoms with Crippen molar-refractivity contribution in [1.82, 2.24) is 9.80 Å². The lowest BCUT2D eigenvalue weighted by molar-refractivity contribution is 0.138. The van der Waals surface area contributed by atoms with Crippen LogP contribution in [-0.2, 0) is 0 Å². The van der Waals surface area contributed by atoms with Gasteiger partial charge in [0.05, 0.1) is 17.4 Å². The van der Waals surface area contributed by atoms with Crippen molar-refractivity contribution >= 4 is 11.4 Å². The third-order valence-electron chi connectivity index (χ3n) is 4.78. The van der Waals surface area contributed by atoms with Crippen molar-refractivity contribution in [3.8, 4) is 5.75 Å². The molecule has 4 rings (SSSR count). The van der Waals surface area contributed by atoms with E-state index in [9.17, 15) is 5.11 Å². The molecule has 2 heterocycles. The van der Waals surface area contributed by atoms with Crippen LogP contribution in [0.25, 0.3) is 0 Å². The normalized spacial score (nSPS) is 22.0. The Kier molecular flexibility index (Phi) is 3.63. The van der Waals surface area contributed by atoms with Crippen molar-refractivity contribution in [2.45, 2.75) is 6.04 Å². The molecule has 0 aliphatic carbocycles. The molecule has 4 heteroatoms. The fourth-order valence-corrected chi connectivity index (χ4v) is 3.48. The minimum Gasteiger partial charge on any atom is -0.508 e. The standard InChI is InChI=1S/C19H21N3O/c1-21-9-11-22(12-10-21)19-16-13-15(23)7-8-17(16)20-18(19)14-5-3-2-4-6-14/h2-8,13,19,23H,9-12H2,1H3. The smallest absolute Gasteiger partial charge is 0.116 e. The number of phenols is 1. The second kappa shape index (κ2) is 5.80. The zero-order valence-electron chi connectivity index (χ0n) is 13.3. The summed E-state index contributed by atoms with van der Waals surface area (Å²) in [6.45, 7) is 4.16. The van der Waals surface area contributed by atoms with E-state index in [2.05, 4.69) is 41.1 Å². The summed E-state index contributed by atoms with van der Waals surface area (Å²) < 4.78 is 0. The maximum atomic E-state index is 9.93. The predicted molar refractivity (Wildman–Crippen MR) is 92.6 cm³/mol. The van der Waals surface area contributed by atoms with Crippen molar-refractivity contribution in [3.05, 3.63) is 59.7 Å². The Morgan fingerprint density at radius 1 is 1.00 bits per heavy atom. The molecule has 1 fully saturated rings. The molecular weight excluding hydrogens is 286 g/mol. The Bertz CT molecular complexity index is 734. The van der Waals surface area contributed by atoms with E-state index in [1.54, 1.807) is 6.07 Å².